The number of aromatic nitrogens is 6. The van der Waals surface area contributed by atoms with Crippen LogP contribution in [-0.2, 0) is 19.1 Å². The summed E-state index contributed by atoms with van der Waals surface area (Å²) in [6.45, 7) is 8.75. The molecule has 296 valence electrons. The van der Waals surface area contributed by atoms with Crippen molar-refractivity contribution in [2.75, 3.05) is 27.3 Å². The van der Waals surface area contributed by atoms with Crippen molar-refractivity contribution in [1.29, 1.82) is 0 Å². The third-order valence-corrected chi connectivity index (χ3v) is 11.6. The third kappa shape index (κ3) is 7.72. The van der Waals surface area contributed by atoms with Gasteiger partial charge < -0.3 is 44.9 Å². The zero-order valence-electron chi connectivity index (χ0n) is 32.3. The van der Waals surface area contributed by atoms with E-state index in [2.05, 4.69) is 35.6 Å². The summed E-state index contributed by atoms with van der Waals surface area (Å²) in [6, 6.07) is 8.35. The summed E-state index contributed by atoms with van der Waals surface area (Å²) in [6.07, 6.45) is 5.51. The Morgan fingerprint density at radius 2 is 1.21 bits per heavy atom. The predicted molar refractivity (Wildman–Crippen MR) is 210 cm³/mol. The summed E-state index contributed by atoms with van der Waals surface area (Å²) in [5.41, 5.74) is 5.35. The second kappa shape index (κ2) is 16.2. The molecule has 0 radical (unpaired) electrons. The Bertz CT molecular complexity index is 2170. The summed E-state index contributed by atoms with van der Waals surface area (Å²) in [4.78, 5) is 80.0. The number of H-pyrrole nitrogens is 3. The van der Waals surface area contributed by atoms with E-state index in [4.69, 9.17) is 14.5 Å². The van der Waals surface area contributed by atoms with Crippen LogP contribution in [0.5, 0.6) is 0 Å². The van der Waals surface area contributed by atoms with Crippen molar-refractivity contribution >= 4 is 45.7 Å². The van der Waals surface area contributed by atoms with Crippen LogP contribution < -0.4 is 10.6 Å². The monoisotopic (exact) mass is 784 g/mol. The molecule has 0 saturated carbocycles. The Balaban J connectivity index is 1.02. The number of hydrogen-bond acceptors (Lipinski definition) is 10. The second-order valence-corrected chi connectivity index (χ2v) is 16.0. The van der Waals surface area contributed by atoms with Gasteiger partial charge in [-0.25, -0.2) is 24.5 Å². The van der Waals surface area contributed by atoms with E-state index in [1.54, 1.807) is 22.2 Å². The fourth-order valence-electron chi connectivity index (χ4n) is 7.57. The first-order valence-electron chi connectivity index (χ1n) is 19.0. The number of thiazole rings is 1. The standard InChI is InChI=1S/C39H48N10O6S/c1-20(2)30(46-38(52)54-5)36(50)48-15-7-9-28(48)32-40-18-26(42-32)23-13-11-22(12-14-23)24-17-25-34(44-24)56-35(45-25)27-19-41-33(43-27)29-10-8-16-49(29)37(51)31(21(3)4)47-39(53)55-6/h11-14,17-21,28-31,44H,7-10,15-16H2,1-6H3,(H,40,42)(H,41,43)(H,46,52)(H,47,53). The number of carbonyl (C=O) groups excluding carboxylic acids is 4. The number of likely N-dealkylation sites (tertiary alicyclic amines) is 2. The van der Waals surface area contributed by atoms with Crippen LogP contribution in [0.1, 0.15) is 77.1 Å². The Hall–Kier alpha value is -5.71. The van der Waals surface area contributed by atoms with Gasteiger partial charge in [-0.2, -0.15) is 0 Å². The molecule has 4 unspecified atom stereocenters. The molecule has 0 bridgehead atoms. The van der Waals surface area contributed by atoms with E-state index in [0.29, 0.717) is 24.7 Å². The third-order valence-electron chi connectivity index (χ3n) is 10.6. The molecule has 2 aliphatic heterocycles. The van der Waals surface area contributed by atoms with Gasteiger partial charge in [-0.05, 0) is 54.7 Å². The predicted octanol–water partition coefficient (Wildman–Crippen LogP) is 6.16. The molecule has 4 atom stereocenters. The van der Waals surface area contributed by atoms with Crippen molar-refractivity contribution in [2.45, 2.75) is 77.5 Å². The van der Waals surface area contributed by atoms with Crippen molar-refractivity contribution < 1.29 is 28.7 Å². The minimum atomic E-state index is -0.699. The zero-order valence-corrected chi connectivity index (χ0v) is 33.2. The minimum absolute atomic E-state index is 0.108. The van der Waals surface area contributed by atoms with Gasteiger partial charge >= 0.3 is 12.2 Å². The molecule has 56 heavy (non-hydrogen) atoms. The molecule has 16 nitrogen and oxygen atoms in total. The summed E-state index contributed by atoms with van der Waals surface area (Å²) >= 11 is 1.52. The average molecular weight is 785 g/mol. The molecule has 2 saturated heterocycles. The number of ether oxygens (including phenoxy) is 2. The SMILES string of the molecule is COC(=O)NC(C(=O)N1CCCC1c1ncc(-c2ccc(-c3cc4nc(-c5cnc(C6CCCN6C(=O)C(NC(=O)OC)C(C)C)[nH]5)sc4[nH]3)cc2)[nH]1)C(C)C. The number of hydrogen-bond donors (Lipinski definition) is 5. The average Bonchev–Trinajstić information content (AvgIpc) is 4.04. The molecule has 7 rings (SSSR count). The molecular weight excluding hydrogens is 737 g/mol. The van der Waals surface area contributed by atoms with Crippen LogP contribution in [0, 0.1) is 11.8 Å². The molecule has 0 spiro atoms. The van der Waals surface area contributed by atoms with Gasteiger partial charge in [0.05, 0.1) is 50.1 Å². The van der Waals surface area contributed by atoms with Gasteiger partial charge in [0.15, 0.2) is 0 Å². The lowest BCUT2D eigenvalue weighted by Gasteiger charge is -2.30. The summed E-state index contributed by atoms with van der Waals surface area (Å²) in [7, 11) is 2.57. The number of aromatic amines is 3. The molecule has 2 fully saturated rings. The molecule has 0 aliphatic carbocycles. The Kier molecular flexibility index (Phi) is 11.1. The van der Waals surface area contributed by atoms with Crippen LogP contribution in [0.25, 0.3) is 43.6 Å². The summed E-state index contributed by atoms with van der Waals surface area (Å²) in [5.74, 6) is 0.888. The Labute approximate surface area is 328 Å². The number of fused-ring (bicyclic) bond motifs is 1. The van der Waals surface area contributed by atoms with E-state index in [1.807, 2.05) is 58.0 Å². The number of carbonyl (C=O) groups is 4. The largest absolute Gasteiger partial charge is 0.453 e. The lowest BCUT2D eigenvalue weighted by Crippen LogP contribution is -2.51. The van der Waals surface area contributed by atoms with E-state index in [9.17, 15) is 19.2 Å². The number of methoxy groups -OCH3 is 2. The smallest absolute Gasteiger partial charge is 0.407 e. The minimum Gasteiger partial charge on any atom is -0.453 e. The molecular formula is C39H48N10O6S. The zero-order chi connectivity index (χ0) is 39.7. The van der Waals surface area contributed by atoms with Gasteiger partial charge in [-0.15, -0.1) is 0 Å². The normalized spacial score (nSPS) is 18.1. The van der Waals surface area contributed by atoms with Crippen LogP contribution in [0.2, 0.25) is 0 Å². The van der Waals surface area contributed by atoms with Crippen molar-refractivity contribution in [2.24, 2.45) is 11.8 Å². The van der Waals surface area contributed by atoms with Crippen molar-refractivity contribution in [3.8, 4) is 33.2 Å². The van der Waals surface area contributed by atoms with Crippen molar-refractivity contribution in [3.63, 3.8) is 0 Å². The number of rotatable bonds is 11. The van der Waals surface area contributed by atoms with Crippen LogP contribution in [0.4, 0.5) is 9.59 Å². The van der Waals surface area contributed by atoms with Crippen LogP contribution >= 0.6 is 11.3 Å². The molecule has 4 amide bonds. The maximum Gasteiger partial charge on any atom is 0.407 e. The van der Waals surface area contributed by atoms with Gasteiger partial charge in [0.1, 0.15) is 39.1 Å². The van der Waals surface area contributed by atoms with Crippen LogP contribution in [-0.4, -0.2) is 103 Å². The quantitative estimate of drug-likeness (QED) is 0.104. The Morgan fingerprint density at radius 3 is 1.70 bits per heavy atom. The van der Waals surface area contributed by atoms with Gasteiger partial charge in [0, 0.05) is 18.8 Å². The molecule has 5 aromatic rings. The van der Waals surface area contributed by atoms with Gasteiger partial charge in [-0.1, -0.05) is 63.3 Å². The molecule has 6 heterocycles. The molecule has 17 heteroatoms. The van der Waals surface area contributed by atoms with Crippen LogP contribution in [0.15, 0.2) is 42.7 Å². The lowest BCUT2D eigenvalue weighted by molar-refractivity contribution is -0.136. The number of alkyl carbamates (subject to hydrolysis) is 2. The highest BCUT2D eigenvalue weighted by molar-refractivity contribution is 7.21. The summed E-state index contributed by atoms with van der Waals surface area (Å²) in [5, 5.41) is 6.16. The number of nitrogens with zero attached hydrogens (tertiary/aromatic N) is 5. The number of nitrogens with one attached hydrogen (secondary N) is 5. The lowest BCUT2D eigenvalue weighted by atomic mass is 10.0. The van der Waals surface area contributed by atoms with Crippen molar-refractivity contribution in [1.82, 2.24) is 50.3 Å². The molecule has 2 aliphatic rings. The maximum atomic E-state index is 13.5. The first kappa shape index (κ1) is 38.6. The Morgan fingerprint density at radius 1 is 0.732 bits per heavy atom. The van der Waals surface area contributed by atoms with Crippen LogP contribution in [0.3, 0.4) is 0 Å². The molecule has 1 aromatic carbocycles. The van der Waals surface area contributed by atoms with E-state index in [1.165, 1.54) is 25.6 Å². The maximum absolute atomic E-state index is 13.5. The van der Waals surface area contributed by atoms with E-state index >= 15 is 0 Å². The van der Waals surface area contributed by atoms with Gasteiger partial charge in [0.2, 0.25) is 11.8 Å². The fraction of sp³-hybridized carbons (Fsp3) is 0.462. The first-order chi connectivity index (χ1) is 26.9. The number of amides is 4. The first-order valence-corrected chi connectivity index (χ1v) is 19.8. The number of benzene rings is 1. The summed E-state index contributed by atoms with van der Waals surface area (Å²) < 4.78 is 9.50. The second-order valence-electron chi connectivity index (χ2n) is 15.0. The van der Waals surface area contributed by atoms with E-state index in [0.717, 1.165) is 69.2 Å². The highest BCUT2D eigenvalue weighted by Gasteiger charge is 2.39. The van der Waals surface area contributed by atoms with Gasteiger partial charge in [0.25, 0.3) is 0 Å². The van der Waals surface area contributed by atoms with E-state index < -0.39 is 24.3 Å². The van der Waals surface area contributed by atoms with E-state index in [-0.39, 0.29) is 35.7 Å². The fourth-order valence-corrected chi connectivity index (χ4v) is 8.49. The topological polar surface area (TPSA) is 203 Å². The highest BCUT2D eigenvalue weighted by Crippen LogP contribution is 2.37. The molecule has 4 aromatic heterocycles. The molecule has 5 N–H and O–H groups in total. The van der Waals surface area contributed by atoms with Crippen molar-refractivity contribution in [3.05, 3.63) is 54.4 Å². The van der Waals surface area contributed by atoms with Gasteiger partial charge in [-0.3, -0.25) is 9.59 Å². The highest BCUT2D eigenvalue weighted by atomic mass is 32.1. The number of imidazole rings is 2.